The van der Waals surface area contributed by atoms with Crippen LogP contribution in [0.25, 0.3) is 0 Å². The first-order valence-corrected chi connectivity index (χ1v) is 17.5. The van der Waals surface area contributed by atoms with Crippen molar-refractivity contribution < 1.29 is 0 Å². The van der Waals surface area contributed by atoms with Crippen molar-refractivity contribution in [3.8, 4) is 0 Å². The second-order valence-corrected chi connectivity index (χ2v) is 12.2. The van der Waals surface area contributed by atoms with E-state index in [1.54, 1.807) is 0 Å². The first-order valence-electron chi connectivity index (χ1n) is 17.5. The Morgan fingerprint density at radius 3 is 1.05 bits per heavy atom. The molecule has 1 atom stereocenters. The van der Waals surface area contributed by atoms with E-state index < -0.39 is 0 Å². The van der Waals surface area contributed by atoms with Gasteiger partial charge in [0.2, 0.25) is 0 Å². The molecule has 0 saturated heterocycles. The van der Waals surface area contributed by atoms with Crippen LogP contribution in [0.5, 0.6) is 0 Å². The Morgan fingerprint density at radius 2 is 0.676 bits per heavy atom. The fourth-order valence-corrected chi connectivity index (χ4v) is 6.08. The number of unbranched alkanes of at least 4 members (excludes halogenated alkanes) is 23. The average Bonchev–Trinajstić information content (AvgIpc) is 3.28. The molecule has 2 heteroatoms. The summed E-state index contributed by atoms with van der Waals surface area (Å²) < 4.78 is 0. The lowest BCUT2D eigenvalue weighted by molar-refractivity contribution is 0.137. The lowest BCUT2D eigenvalue weighted by Gasteiger charge is -2.33. The maximum Gasteiger partial charge on any atom is 0.101 e. The van der Waals surface area contributed by atoms with Crippen molar-refractivity contribution in [2.45, 2.75) is 200 Å². The van der Waals surface area contributed by atoms with E-state index in [-0.39, 0.29) is 0 Å². The van der Waals surface area contributed by atoms with Crippen LogP contribution < -0.4 is 0 Å². The molecule has 0 aliphatic carbocycles. The molecule has 2 nitrogen and oxygen atoms in total. The second kappa shape index (κ2) is 26.9. The molecule has 0 aromatic carbocycles. The highest BCUT2D eigenvalue weighted by Gasteiger charge is 2.24. The predicted octanol–water partition coefficient (Wildman–Crippen LogP) is 12.0. The highest BCUT2D eigenvalue weighted by atomic mass is 15.4. The minimum Gasteiger partial charge on any atom is -0.356 e. The molecule has 1 rings (SSSR count). The van der Waals surface area contributed by atoms with E-state index in [9.17, 15) is 0 Å². The van der Waals surface area contributed by atoms with E-state index in [4.69, 9.17) is 0 Å². The molecule has 0 fully saturated rings. The molecule has 1 unspecified atom stereocenters. The molecule has 0 saturated carbocycles. The van der Waals surface area contributed by atoms with Crippen molar-refractivity contribution >= 4 is 0 Å². The molecule has 1 heterocycles. The third-order valence-corrected chi connectivity index (χ3v) is 8.53. The quantitative estimate of drug-likeness (QED) is 0.0908. The summed E-state index contributed by atoms with van der Waals surface area (Å²) in [5.41, 5.74) is 0. The SMILES string of the molecule is CCCCCCCCCCCCCCCN1C=CN(CCC)C1CCCCCCCCCCCCCC. The first kappa shape index (κ1) is 34.4. The summed E-state index contributed by atoms with van der Waals surface area (Å²) in [6.07, 6.45) is 44.1. The summed E-state index contributed by atoms with van der Waals surface area (Å²) >= 11 is 0. The van der Waals surface area contributed by atoms with Crippen molar-refractivity contribution in [2.75, 3.05) is 13.1 Å². The second-order valence-electron chi connectivity index (χ2n) is 12.2. The van der Waals surface area contributed by atoms with Crippen molar-refractivity contribution in [3.05, 3.63) is 12.4 Å². The Balaban J connectivity index is 2.02. The van der Waals surface area contributed by atoms with Gasteiger partial charge in [-0.3, -0.25) is 0 Å². The maximum absolute atomic E-state index is 2.67. The van der Waals surface area contributed by atoms with Crippen LogP contribution in [-0.2, 0) is 0 Å². The summed E-state index contributed by atoms with van der Waals surface area (Å²) in [6, 6.07) is 0. The molecule has 0 aromatic heterocycles. The monoisotopic (exact) mass is 519 g/mol. The van der Waals surface area contributed by atoms with E-state index in [0.717, 1.165) is 0 Å². The third-order valence-electron chi connectivity index (χ3n) is 8.53. The Bertz CT molecular complexity index is 474. The molecule has 0 spiro atoms. The molecule has 37 heavy (non-hydrogen) atoms. The predicted molar refractivity (Wildman–Crippen MR) is 168 cm³/mol. The lowest BCUT2D eigenvalue weighted by Crippen LogP contribution is -2.39. The molecule has 0 N–H and O–H groups in total. The zero-order valence-corrected chi connectivity index (χ0v) is 26.1. The van der Waals surface area contributed by atoms with E-state index in [2.05, 4.69) is 43.0 Å². The van der Waals surface area contributed by atoms with E-state index in [1.807, 2.05) is 0 Å². The van der Waals surface area contributed by atoms with Gasteiger partial charge in [-0.1, -0.05) is 168 Å². The summed E-state index contributed by atoms with van der Waals surface area (Å²) in [7, 11) is 0. The molecule has 0 amide bonds. The standard InChI is InChI=1S/C35H70N2/c1-4-7-9-11-13-15-17-19-21-23-25-27-29-32-37-34-33-36(31-6-3)35(37)30-28-26-24-22-20-18-16-14-12-10-8-5-2/h33-35H,4-32H2,1-3H3. The molecule has 1 aliphatic rings. The Labute approximate surface area is 235 Å². The van der Waals surface area contributed by atoms with Crippen LogP contribution >= 0.6 is 0 Å². The fraction of sp³-hybridized carbons (Fsp3) is 0.943. The van der Waals surface area contributed by atoms with Gasteiger partial charge in [0.15, 0.2) is 0 Å². The molecular formula is C35H70N2. The molecule has 0 bridgehead atoms. The van der Waals surface area contributed by atoms with Crippen molar-refractivity contribution in [3.63, 3.8) is 0 Å². The Kier molecular flexibility index (Phi) is 25.0. The molecule has 220 valence electrons. The van der Waals surface area contributed by atoms with Crippen LogP contribution in [0.4, 0.5) is 0 Å². The zero-order valence-electron chi connectivity index (χ0n) is 26.1. The van der Waals surface area contributed by atoms with Crippen LogP contribution in [0.15, 0.2) is 12.4 Å². The maximum atomic E-state index is 2.67. The van der Waals surface area contributed by atoms with Crippen LogP contribution in [0.1, 0.15) is 194 Å². The fourth-order valence-electron chi connectivity index (χ4n) is 6.08. The number of hydrogen-bond donors (Lipinski definition) is 0. The van der Waals surface area contributed by atoms with Gasteiger partial charge in [-0.2, -0.15) is 0 Å². The molecule has 1 aliphatic heterocycles. The normalized spacial score (nSPS) is 15.4. The van der Waals surface area contributed by atoms with Crippen molar-refractivity contribution in [1.29, 1.82) is 0 Å². The van der Waals surface area contributed by atoms with Crippen LogP contribution in [0.3, 0.4) is 0 Å². The molecular weight excluding hydrogens is 448 g/mol. The number of nitrogens with zero attached hydrogens (tertiary/aromatic N) is 2. The average molecular weight is 519 g/mol. The summed E-state index contributed by atoms with van der Waals surface area (Å²) in [5.74, 6) is 0. The highest BCUT2D eigenvalue weighted by Crippen LogP contribution is 2.23. The number of hydrogen-bond acceptors (Lipinski definition) is 2. The number of rotatable bonds is 29. The first-order chi connectivity index (χ1) is 18.3. The van der Waals surface area contributed by atoms with E-state index in [1.165, 1.54) is 186 Å². The van der Waals surface area contributed by atoms with Gasteiger partial charge >= 0.3 is 0 Å². The largest absolute Gasteiger partial charge is 0.356 e. The third kappa shape index (κ3) is 20.0. The summed E-state index contributed by atoms with van der Waals surface area (Å²) in [4.78, 5) is 5.30. The van der Waals surface area contributed by atoms with Crippen LogP contribution in [0, 0.1) is 0 Å². The van der Waals surface area contributed by atoms with Gasteiger partial charge in [0.1, 0.15) is 6.17 Å². The van der Waals surface area contributed by atoms with Crippen molar-refractivity contribution in [2.24, 2.45) is 0 Å². The van der Waals surface area contributed by atoms with Gasteiger partial charge in [0.05, 0.1) is 0 Å². The molecule has 0 radical (unpaired) electrons. The highest BCUT2D eigenvalue weighted by molar-refractivity contribution is 4.96. The van der Waals surface area contributed by atoms with Gasteiger partial charge in [-0.25, -0.2) is 0 Å². The van der Waals surface area contributed by atoms with Gasteiger partial charge in [-0.15, -0.1) is 0 Å². The molecule has 0 aromatic rings. The van der Waals surface area contributed by atoms with Gasteiger partial charge < -0.3 is 9.80 Å². The minimum absolute atomic E-state index is 0.639. The van der Waals surface area contributed by atoms with Crippen molar-refractivity contribution in [1.82, 2.24) is 9.80 Å². The van der Waals surface area contributed by atoms with Gasteiger partial charge in [0.25, 0.3) is 0 Å². The lowest BCUT2D eigenvalue weighted by atomic mass is 10.0. The Morgan fingerprint density at radius 1 is 0.351 bits per heavy atom. The topological polar surface area (TPSA) is 6.48 Å². The zero-order chi connectivity index (χ0) is 26.7. The van der Waals surface area contributed by atoms with E-state index >= 15 is 0 Å². The van der Waals surface area contributed by atoms with Crippen LogP contribution in [-0.4, -0.2) is 29.1 Å². The Hall–Kier alpha value is -0.660. The van der Waals surface area contributed by atoms with Gasteiger partial charge in [-0.05, 0) is 25.7 Å². The van der Waals surface area contributed by atoms with Crippen LogP contribution in [0.2, 0.25) is 0 Å². The minimum atomic E-state index is 0.639. The smallest absolute Gasteiger partial charge is 0.101 e. The summed E-state index contributed by atoms with van der Waals surface area (Å²) in [5, 5.41) is 0. The van der Waals surface area contributed by atoms with Gasteiger partial charge in [0, 0.05) is 25.5 Å². The summed E-state index contributed by atoms with van der Waals surface area (Å²) in [6.45, 7) is 9.42. The van der Waals surface area contributed by atoms with E-state index in [0.29, 0.717) is 6.17 Å².